The number of Topliss-reactive ketones (excluding diaryl/α,β-unsaturated/α-hetero) is 1. The summed E-state index contributed by atoms with van der Waals surface area (Å²) in [5.74, 6) is 0.179. The summed E-state index contributed by atoms with van der Waals surface area (Å²) in [6, 6.07) is 7.72. The number of nitrogens with zero attached hydrogens (tertiary/aromatic N) is 2. The van der Waals surface area contributed by atoms with Crippen LogP contribution in [-0.4, -0.2) is 35.8 Å². The number of hydrogen-bond donors (Lipinski definition) is 0. The lowest BCUT2D eigenvalue weighted by molar-refractivity contribution is 0.0948. The van der Waals surface area contributed by atoms with Gasteiger partial charge in [-0.1, -0.05) is 24.3 Å². The van der Waals surface area contributed by atoms with E-state index in [-0.39, 0.29) is 5.78 Å². The highest BCUT2D eigenvalue weighted by Crippen LogP contribution is 2.10. The topological polar surface area (TPSA) is 23.6 Å². The van der Waals surface area contributed by atoms with E-state index in [1.165, 1.54) is 0 Å². The molecule has 1 aliphatic rings. The van der Waals surface area contributed by atoms with E-state index in [1.807, 2.05) is 60.4 Å². The molecule has 0 unspecified atom stereocenters. The van der Waals surface area contributed by atoms with Crippen molar-refractivity contribution < 1.29 is 4.79 Å². The fraction of sp³-hybridized carbons (Fsp3) is 0.308. The molecule has 0 saturated heterocycles. The van der Waals surface area contributed by atoms with Crippen LogP contribution in [0.15, 0.2) is 36.7 Å². The lowest BCUT2D eigenvalue weighted by Gasteiger charge is -2.17. The van der Waals surface area contributed by atoms with Crippen LogP contribution in [0.25, 0.3) is 0 Å². The van der Waals surface area contributed by atoms with Crippen molar-refractivity contribution in [3.63, 3.8) is 0 Å². The zero-order valence-corrected chi connectivity index (χ0v) is 9.68. The Morgan fingerprint density at radius 1 is 1.31 bits per heavy atom. The van der Waals surface area contributed by atoms with Gasteiger partial charge in [-0.15, -0.1) is 0 Å². The molecule has 16 heavy (non-hydrogen) atoms. The van der Waals surface area contributed by atoms with Crippen LogP contribution in [0.1, 0.15) is 15.9 Å². The van der Waals surface area contributed by atoms with Crippen LogP contribution in [0.4, 0.5) is 0 Å². The Bertz CT molecular complexity index is 426. The van der Waals surface area contributed by atoms with E-state index in [4.69, 9.17) is 0 Å². The van der Waals surface area contributed by atoms with Gasteiger partial charge >= 0.3 is 0 Å². The first kappa shape index (κ1) is 10.7. The zero-order chi connectivity index (χ0) is 11.5. The summed E-state index contributed by atoms with van der Waals surface area (Å²) in [7, 11) is 1.99. The van der Waals surface area contributed by atoms with Gasteiger partial charge in [-0.2, -0.15) is 0 Å². The normalized spacial score (nSPS) is 14.6. The van der Waals surface area contributed by atoms with Crippen LogP contribution in [0.2, 0.25) is 0 Å². The number of carbonyl (C=O) groups excluding carboxylic acids is 1. The average molecular weight is 216 g/mol. The minimum absolute atomic E-state index is 0.179. The lowest BCUT2D eigenvalue weighted by atomic mass is 10.0. The van der Waals surface area contributed by atoms with Gasteiger partial charge in [0, 0.05) is 25.0 Å². The van der Waals surface area contributed by atoms with Gasteiger partial charge in [0.05, 0.1) is 13.2 Å². The molecule has 0 spiro atoms. The predicted octanol–water partition coefficient (Wildman–Crippen LogP) is 1.85. The molecule has 0 bridgehead atoms. The maximum Gasteiger partial charge on any atom is 0.182 e. The summed E-state index contributed by atoms with van der Waals surface area (Å²) < 4.78 is 0. The second-order valence-corrected chi connectivity index (χ2v) is 4.18. The minimum atomic E-state index is 0.179. The van der Waals surface area contributed by atoms with Gasteiger partial charge in [-0.3, -0.25) is 4.79 Å². The van der Waals surface area contributed by atoms with E-state index in [0.717, 1.165) is 17.8 Å². The van der Waals surface area contributed by atoms with E-state index in [1.54, 1.807) is 0 Å². The Kier molecular flexibility index (Phi) is 2.95. The number of aryl methyl sites for hydroxylation is 1. The first-order chi connectivity index (χ1) is 7.66. The minimum Gasteiger partial charge on any atom is -0.362 e. The second kappa shape index (κ2) is 4.39. The molecule has 0 aliphatic carbocycles. The fourth-order valence-electron chi connectivity index (χ4n) is 1.85. The van der Waals surface area contributed by atoms with Crippen molar-refractivity contribution in [3.05, 3.63) is 47.8 Å². The van der Waals surface area contributed by atoms with Crippen molar-refractivity contribution in [2.24, 2.45) is 0 Å². The van der Waals surface area contributed by atoms with E-state index in [9.17, 15) is 4.79 Å². The Labute approximate surface area is 96.0 Å². The van der Waals surface area contributed by atoms with Crippen LogP contribution in [-0.2, 0) is 0 Å². The van der Waals surface area contributed by atoms with Gasteiger partial charge in [0.25, 0.3) is 0 Å². The monoisotopic (exact) mass is 216 g/mol. The van der Waals surface area contributed by atoms with Crippen molar-refractivity contribution >= 4 is 5.78 Å². The van der Waals surface area contributed by atoms with Crippen molar-refractivity contribution in [2.75, 3.05) is 20.3 Å². The molecule has 84 valence electrons. The number of ketones is 1. The van der Waals surface area contributed by atoms with Crippen molar-refractivity contribution in [1.82, 2.24) is 9.80 Å². The average Bonchev–Trinajstić information content (AvgIpc) is 2.64. The fourth-order valence-corrected chi connectivity index (χ4v) is 1.85. The smallest absolute Gasteiger partial charge is 0.182 e. The summed E-state index contributed by atoms with van der Waals surface area (Å²) in [6.45, 7) is 3.21. The summed E-state index contributed by atoms with van der Waals surface area (Å²) in [4.78, 5) is 16.1. The first-order valence-electron chi connectivity index (χ1n) is 5.38. The SMILES string of the molecule is Cc1ccccc1C(=O)CN1C=CN(C)C1. The molecular formula is C13H16N2O. The Morgan fingerprint density at radius 3 is 2.69 bits per heavy atom. The van der Waals surface area contributed by atoms with Gasteiger partial charge in [-0.25, -0.2) is 0 Å². The molecule has 0 radical (unpaired) electrons. The second-order valence-electron chi connectivity index (χ2n) is 4.18. The first-order valence-corrected chi connectivity index (χ1v) is 5.38. The summed E-state index contributed by atoms with van der Waals surface area (Å²) >= 11 is 0. The molecule has 3 nitrogen and oxygen atoms in total. The number of hydrogen-bond acceptors (Lipinski definition) is 3. The van der Waals surface area contributed by atoms with Gasteiger partial charge in [0.1, 0.15) is 0 Å². The molecule has 1 aliphatic heterocycles. The number of carbonyl (C=O) groups is 1. The van der Waals surface area contributed by atoms with Crippen LogP contribution in [0, 0.1) is 6.92 Å². The Morgan fingerprint density at radius 2 is 2.06 bits per heavy atom. The Hall–Kier alpha value is -1.77. The van der Waals surface area contributed by atoms with Crippen LogP contribution in [0.3, 0.4) is 0 Å². The molecule has 1 aromatic rings. The lowest BCUT2D eigenvalue weighted by Crippen LogP contribution is -2.28. The maximum atomic E-state index is 12.0. The van der Waals surface area contributed by atoms with Gasteiger partial charge in [0.2, 0.25) is 0 Å². The summed E-state index contributed by atoms with van der Waals surface area (Å²) in [6.07, 6.45) is 3.93. The number of rotatable bonds is 3. The standard InChI is InChI=1S/C13H16N2O/c1-11-5-3-4-6-12(11)13(16)9-15-8-7-14(2)10-15/h3-8H,9-10H2,1-2H3. The third kappa shape index (κ3) is 2.24. The maximum absolute atomic E-state index is 12.0. The summed E-state index contributed by atoms with van der Waals surface area (Å²) in [5.41, 5.74) is 1.87. The van der Waals surface area contributed by atoms with Crippen LogP contribution in [0.5, 0.6) is 0 Å². The molecule has 2 rings (SSSR count). The van der Waals surface area contributed by atoms with Gasteiger partial charge < -0.3 is 9.80 Å². The highest BCUT2D eigenvalue weighted by molar-refractivity contribution is 5.98. The van der Waals surface area contributed by atoms with Crippen molar-refractivity contribution in [1.29, 1.82) is 0 Å². The van der Waals surface area contributed by atoms with Gasteiger partial charge in [0.15, 0.2) is 5.78 Å². The molecular weight excluding hydrogens is 200 g/mol. The molecule has 1 aromatic carbocycles. The molecule has 0 fully saturated rings. The molecule has 0 atom stereocenters. The van der Waals surface area contributed by atoms with Crippen LogP contribution < -0.4 is 0 Å². The highest BCUT2D eigenvalue weighted by Gasteiger charge is 2.14. The molecule has 3 heteroatoms. The highest BCUT2D eigenvalue weighted by atomic mass is 16.1. The molecule has 0 saturated carbocycles. The van der Waals surface area contributed by atoms with Crippen molar-refractivity contribution in [3.8, 4) is 0 Å². The molecule has 1 heterocycles. The van der Waals surface area contributed by atoms with Gasteiger partial charge in [-0.05, 0) is 12.5 Å². The largest absolute Gasteiger partial charge is 0.362 e. The molecule has 0 amide bonds. The van der Waals surface area contributed by atoms with Crippen molar-refractivity contribution in [2.45, 2.75) is 6.92 Å². The number of benzene rings is 1. The zero-order valence-electron chi connectivity index (χ0n) is 9.68. The summed E-state index contributed by atoms with van der Waals surface area (Å²) in [5, 5.41) is 0. The van der Waals surface area contributed by atoms with E-state index >= 15 is 0 Å². The molecule has 0 N–H and O–H groups in total. The van der Waals surface area contributed by atoms with Crippen LogP contribution >= 0.6 is 0 Å². The Balaban J connectivity index is 2.04. The molecule has 0 aromatic heterocycles. The predicted molar refractivity (Wildman–Crippen MR) is 64.0 cm³/mol. The quantitative estimate of drug-likeness (QED) is 0.720. The van der Waals surface area contributed by atoms with E-state index in [2.05, 4.69) is 0 Å². The van der Waals surface area contributed by atoms with E-state index < -0.39 is 0 Å². The van der Waals surface area contributed by atoms with E-state index in [0.29, 0.717) is 6.54 Å². The third-order valence-electron chi connectivity index (χ3n) is 2.73. The third-order valence-corrected chi connectivity index (χ3v) is 2.73.